The summed E-state index contributed by atoms with van der Waals surface area (Å²) in [4.78, 5) is 27.7. The van der Waals surface area contributed by atoms with E-state index < -0.39 is 0 Å². The first-order chi connectivity index (χ1) is 15.7. The Labute approximate surface area is 184 Å². The quantitative estimate of drug-likeness (QED) is 0.514. The number of anilines is 2. The highest BCUT2D eigenvalue weighted by Crippen LogP contribution is 2.24. The molecule has 0 radical (unpaired) electrons. The van der Waals surface area contributed by atoms with Crippen molar-refractivity contribution in [1.82, 2.24) is 29.7 Å². The summed E-state index contributed by atoms with van der Waals surface area (Å²) in [6.45, 7) is 3.29. The zero-order valence-electron chi connectivity index (χ0n) is 17.5. The van der Waals surface area contributed by atoms with E-state index in [2.05, 4.69) is 35.4 Å². The summed E-state index contributed by atoms with van der Waals surface area (Å²) in [6, 6.07) is 9.19. The van der Waals surface area contributed by atoms with E-state index in [0.29, 0.717) is 29.6 Å². The van der Waals surface area contributed by atoms with Crippen LogP contribution in [-0.4, -0.2) is 48.7 Å². The minimum absolute atomic E-state index is 0.0677. The van der Waals surface area contributed by atoms with Gasteiger partial charge in [0.2, 0.25) is 5.91 Å². The van der Waals surface area contributed by atoms with Gasteiger partial charge in [0.25, 0.3) is 0 Å². The van der Waals surface area contributed by atoms with Gasteiger partial charge in [-0.3, -0.25) is 9.36 Å². The highest BCUT2D eigenvalue weighted by Gasteiger charge is 2.27. The molecule has 1 amide bonds. The molecule has 4 aromatic heterocycles. The van der Waals surface area contributed by atoms with Crippen LogP contribution in [0.3, 0.4) is 0 Å². The van der Waals surface area contributed by atoms with Gasteiger partial charge in [0.05, 0.1) is 12.2 Å². The van der Waals surface area contributed by atoms with Crippen molar-refractivity contribution in [2.24, 2.45) is 5.92 Å². The van der Waals surface area contributed by atoms with E-state index in [4.69, 9.17) is 4.42 Å². The Kier molecular flexibility index (Phi) is 5.32. The monoisotopic (exact) mass is 430 g/mol. The van der Waals surface area contributed by atoms with Crippen molar-refractivity contribution in [3.8, 4) is 17.3 Å². The number of aryl methyl sites for hydroxylation is 1. The van der Waals surface area contributed by atoms with Crippen molar-refractivity contribution in [1.29, 1.82) is 0 Å². The minimum atomic E-state index is -0.177. The molecule has 1 aliphatic heterocycles. The molecule has 10 nitrogen and oxygen atoms in total. The third-order valence-electron chi connectivity index (χ3n) is 5.52. The first-order valence-electron chi connectivity index (χ1n) is 10.4. The van der Waals surface area contributed by atoms with Gasteiger partial charge in [0.1, 0.15) is 29.5 Å². The smallest absolute Gasteiger partial charge is 0.230 e. The maximum absolute atomic E-state index is 13.0. The first-order valence-corrected chi connectivity index (χ1v) is 10.4. The van der Waals surface area contributed by atoms with E-state index in [0.717, 1.165) is 31.0 Å². The van der Waals surface area contributed by atoms with Crippen LogP contribution in [-0.2, 0) is 4.79 Å². The molecule has 0 saturated carbocycles. The average molecular weight is 430 g/mol. The highest BCUT2D eigenvalue weighted by atomic mass is 16.3. The van der Waals surface area contributed by atoms with Gasteiger partial charge >= 0.3 is 0 Å². The van der Waals surface area contributed by atoms with Crippen molar-refractivity contribution in [2.75, 3.05) is 23.3 Å². The zero-order valence-corrected chi connectivity index (χ0v) is 17.5. The van der Waals surface area contributed by atoms with Crippen LogP contribution in [0.15, 0.2) is 59.7 Å². The van der Waals surface area contributed by atoms with Gasteiger partial charge in [-0.05, 0) is 44.0 Å². The molecule has 0 spiro atoms. The van der Waals surface area contributed by atoms with Gasteiger partial charge in [-0.2, -0.15) is 0 Å². The number of hydrogen-bond acceptors (Lipinski definition) is 8. The lowest BCUT2D eigenvalue weighted by Gasteiger charge is -2.32. The second-order valence-electron chi connectivity index (χ2n) is 7.63. The van der Waals surface area contributed by atoms with Gasteiger partial charge in [0, 0.05) is 31.5 Å². The van der Waals surface area contributed by atoms with E-state index in [1.807, 2.05) is 42.0 Å². The molecule has 5 rings (SSSR count). The van der Waals surface area contributed by atoms with Crippen LogP contribution in [0.4, 0.5) is 11.6 Å². The number of hydrogen-bond donors (Lipinski definition) is 1. The molecular weight excluding hydrogens is 408 g/mol. The Hall–Kier alpha value is -4.08. The van der Waals surface area contributed by atoms with Crippen molar-refractivity contribution >= 4 is 17.5 Å². The molecule has 0 aliphatic carbocycles. The number of rotatable bonds is 5. The standard InChI is InChI=1S/C22H22N8O2/c1-15-23-8-10-30(15)21-12-19(24-14-25-21)26-22(31)16-4-2-9-29(13-16)20-7-6-17(27-28-20)18-5-3-11-32-18/h3,5-8,10-12,14,16H,2,4,9,13H2,1H3,(H,24,25,26,31). The molecule has 1 atom stereocenters. The molecule has 5 heterocycles. The van der Waals surface area contributed by atoms with Crippen LogP contribution in [0.1, 0.15) is 18.7 Å². The molecule has 0 bridgehead atoms. The fourth-order valence-corrected chi connectivity index (χ4v) is 3.84. The van der Waals surface area contributed by atoms with Crippen molar-refractivity contribution < 1.29 is 9.21 Å². The van der Waals surface area contributed by atoms with Gasteiger partial charge in [-0.15, -0.1) is 10.2 Å². The van der Waals surface area contributed by atoms with Gasteiger partial charge in [-0.25, -0.2) is 15.0 Å². The molecule has 10 heteroatoms. The predicted molar refractivity (Wildman–Crippen MR) is 117 cm³/mol. The summed E-state index contributed by atoms with van der Waals surface area (Å²) in [5.41, 5.74) is 0.678. The number of carbonyl (C=O) groups is 1. The summed E-state index contributed by atoms with van der Waals surface area (Å²) in [6.07, 6.45) is 8.27. The number of amides is 1. The molecule has 32 heavy (non-hydrogen) atoms. The van der Waals surface area contributed by atoms with Crippen LogP contribution in [0.25, 0.3) is 17.3 Å². The van der Waals surface area contributed by atoms with Crippen LogP contribution in [0.5, 0.6) is 0 Å². The van der Waals surface area contributed by atoms with Crippen molar-refractivity contribution in [2.45, 2.75) is 19.8 Å². The second kappa shape index (κ2) is 8.58. The molecule has 1 unspecified atom stereocenters. The van der Waals surface area contributed by atoms with Crippen molar-refractivity contribution in [3.05, 3.63) is 61.1 Å². The lowest BCUT2D eigenvalue weighted by atomic mass is 9.97. The normalized spacial score (nSPS) is 16.2. The second-order valence-corrected chi connectivity index (χ2v) is 7.63. The fourth-order valence-electron chi connectivity index (χ4n) is 3.84. The summed E-state index contributed by atoms with van der Waals surface area (Å²) in [7, 11) is 0. The summed E-state index contributed by atoms with van der Waals surface area (Å²) < 4.78 is 7.20. The maximum atomic E-state index is 13.0. The molecule has 0 aromatic carbocycles. The Bertz CT molecular complexity index is 1200. The Morgan fingerprint density at radius 2 is 2.09 bits per heavy atom. The van der Waals surface area contributed by atoms with Crippen molar-refractivity contribution in [3.63, 3.8) is 0 Å². The first kappa shape index (κ1) is 19.9. The molecule has 1 aliphatic rings. The largest absolute Gasteiger partial charge is 0.463 e. The molecule has 1 N–H and O–H groups in total. The van der Waals surface area contributed by atoms with E-state index in [1.165, 1.54) is 6.33 Å². The summed E-state index contributed by atoms with van der Waals surface area (Å²) in [5, 5.41) is 11.5. The summed E-state index contributed by atoms with van der Waals surface area (Å²) in [5.74, 6) is 3.11. The number of nitrogens with zero attached hydrogens (tertiary/aromatic N) is 7. The Morgan fingerprint density at radius 3 is 2.84 bits per heavy atom. The average Bonchev–Trinajstić information content (AvgIpc) is 3.52. The number of carbonyl (C=O) groups excluding carboxylic acids is 1. The predicted octanol–water partition coefficient (Wildman–Crippen LogP) is 2.88. The fraction of sp³-hybridized carbons (Fsp3) is 0.273. The molecular formula is C22H22N8O2. The third-order valence-corrected chi connectivity index (χ3v) is 5.52. The highest BCUT2D eigenvalue weighted by molar-refractivity contribution is 5.92. The van der Waals surface area contributed by atoms with Crippen LogP contribution >= 0.6 is 0 Å². The van der Waals surface area contributed by atoms with Crippen LogP contribution < -0.4 is 10.2 Å². The Balaban J connectivity index is 1.26. The lowest BCUT2D eigenvalue weighted by Crippen LogP contribution is -2.41. The van der Waals surface area contributed by atoms with Gasteiger partial charge in [-0.1, -0.05) is 0 Å². The van der Waals surface area contributed by atoms with Crippen LogP contribution in [0.2, 0.25) is 0 Å². The lowest BCUT2D eigenvalue weighted by molar-refractivity contribution is -0.120. The zero-order chi connectivity index (χ0) is 21.9. The third kappa shape index (κ3) is 4.07. The number of piperidine rings is 1. The number of aromatic nitrogens is 6. The number of furan rings is 1. The topological polar surface area (TPSA) is 115 Å². The van der Waals surface area contributed by atoms with E-state index >= 15 is 0 Å². The number of nitrogens with one attached hydrogen (secondary N) is 1. The summed E-state index contributed by atoms with van der Waals surface area (Å²) >= 11 is 0. The van der Waals surface area contributed by atoms with Gasteiger partial charge < -0.3 is 14.6 Å². The SMILES string of the molecule is Cc1nccn1-c1cc(NC(=O)C2CCCN(c3ccc(-c4ccco4)nn3)C2)ncn1. The van der Waals surface area contributed by atoms with Gasteiger partial charge in [0.15, 0.2) is 11.6 Å². The minimum Gasteiger partial charge on any atom is -0.463 e. The van der Waals surface area contributed by atoms with Crippen LogP contribution in [0, 0.1) is 12.8 Å². The van der Waals surface area contributed by atoms with E-state index in [9.17, 15) is 4.79 Å². The molecule has 4 aromatic rings. The molecule has 1 fully saturated rings. The molecule has 162 valence electrons. The van der Waals surface area contributed by atoms with E-state index in [1.54, 1.807) is 18.5 Å². The van der Waals surface area contributed by atoms with E-state index in [-0.39, 0.29) is 11.8 Å². The maximum Gasteiger partial charge on any atom is 0.230 e. The Morgan fingerprint density at radius 1 is 1.16 bits per heavy atom. The number of imidazole rings is 1. The molecule has 1 saturated heterocycles.